The number of fused-ring (bicyclic) bond motifs is 2. The quantitative estimate of drug-likeness (QED) is 0.101. The molecule has 0 bridgehead atoms. The highest BCUT2D eigenvalue weighted by atomic mass is 19.2. The molecular formula is C58H49BF2N2O7. The van der Waals surface area contributed by atoms with E-state index in [9.17, 15) is 0 Å². The summed E-state index contributed by atoms with van der Waals surface area (Å²) in [6.07, 6.45) is 0. The lowest BCUT2D eigenvalue weighted by atomic mass is 9.81. The molecule has 0 aliphatic carbocycles. The van der Waals surface area contributed by atoms with Gasteiger partial charge >= 0.3 is 6.97 Å². The minimum absolute atomic E-state index is 0.307. The van der Waals surface area contributed by atoms with Crippen LogP contribution in [0.25, 0.3) is 50.2 Å². The summed E-state index contributed by atoms with van der Waals surface area (Å²) in [5, 5.41) is 0. The van der Waals surface area contributed by atoms with Crippen LogP contribution in [0.1, 0.15) is 27.9 Å². The SMILES string of the molecule is COc1ccc(C2=C(c3ccc(OC)cc3)C(c3ccc(OC)cc3)=[N+]3C2=C(c2ccc(OC)cc2)c2c(-c4ccc(OC)cc4)c(-c4ccc(OC)cc4)c(-c4ccc(OC)cc4)n2[B-]3(F)F)cc1. The fourth-order valence-electron chi connectivity index (χ4n) is 9.77. The van der Waals surface area contributed by atoms with Crippen LogP contribution < -0.4 is 33.2 Å². The molecule has 0 fully saturated rings. The Kier molecular flexibility index (Phi) is 12.0. The number of methoxy groups -OCH3 is 7. The minimum Gasteiger partial charge on any atom is -0.497 e. The van der Waals surface area contributed by atoms with Crippen molar-refractivity contribution >= 4 is 29.4 Å². The van der Waals surface area contributed by atoms with Gasteiger partial charge in [-0.25, -0.2) is 0 Å². The van der Waals surface area contributed by atoms with E-state index in [1.165, 1.54) is 8.96 Å². The van der Waals surface area contributed by atoms with Crippen LogP contribution in [-0.2, 0) is 0 Å². The van der Waals surface area contributed by atoms with Crippen molar-refractivity contribution in [2.75, 3.05) is 49.8 Å². The van der Waals surface area contributed by atoms with Gasteiger partial charge < -0.3 is 50.8 Å². The third-order valence-corrected chi connectivity index (χ3v) is 13.1. The van der Waals surface area contributed by atoms with Gasteiger partial charge in [0.15, 0.2) is 11.4 Å². The average Bonchev–Trinajstić information content (AvgIpc) is 3.97. The normalized spacial score (nSPS) is 13.7. The molecule has 12 heteroatoms. The van der Waals surface area contributed by atoms with Gasteiger partial charge in [0.1, 0.15) is 40.2 Å². The first-order chi connectivity index (χ1) is 34.1. The molecule has 0 spiro atoms. The number of aromatic nitrogens is 1. The van der Waals surface area contributed by atoms with Crippen LogP contribution in [0.4, 0.5) is 8.63 Å². The highest BCUT2D eigenvalue weighted by Gasteiger charge is 2.60. The van der Waals surface area contributed by atoms with Crippen molar-refractivity contribution in [1.29, 1.82) is 0 Å². The lowest BCUT2D eigenvalue weighted by molar-refractivity contribution is -0.358. The molecule has 0 atom stereocenters. The highest BCUT2D eigenvalue weighted by molar-refractivity contribution is 6.61. The van der Waals surface area contributed by atoms with Crippen molar-refractivity contribution < 1.29 is 46.3 Å². The van der Waals surface area contributed by atoms with Crippen molar-refractivity contribution in [1.82, 2.24) is 4.48 Å². The average molecular weight is 935 g/mol. The number of allylic oxidation sites excluding steroid dienone is 2. The van der Waals surface area contributed by atoms with E-state index in [0.717, 1.165) is 0 Å². The zero-order valence-electron chi connectivity index (χ0n) is 39.8. The van der Waals surface area contributed by atoms with Gasteiger partial charge in [-0.1, -0.05) is 60.7 Å². The summed E-state index contributed by atoms with van der Waals surface area (Å²) >= 11 is 0. The lowest BCUT2D eigenvalue weighted by Crippen LogP contribution is -2.52. The van der Waals surface area contributed by atoms with Gasteiger partial charge in [-0.2, -0.15) is 0 Å². The largest absolute Gasteiger partial charge is 0.738 e. The molecule has 10 rings (SSSR count). The van der Waals surface area contributed by atoms with Crippen LogP contribution in [0.3, 0.4) is 0 Å². The number of hydrogen-bond donors (Lipinski definition) is 0. The number of hydrogen-bond acceptors (Lipinski definition) is 7. The van der Waals surface area contributed by atoms with E-state index in [4.69, 9.17) is 33.2 Å². The number of nitrogens with zero attached hydrogens (tertiary/aromatic N) is 2. The van der Waals surface area contributed by atoms with Crippen LogP contribution in [-0.4, -0.2) is 71.4 Å². The Morgan fingerprint density at radius 2 is 0.586 bits per heavy atom. The molecule has 0 unspecified atom stereocenters. The zero-order chi connectivity index (χ0) is 48.7. The third-order valence-electron chi connectivity index (χ3n) is 13.1. The van der Waals surface area contributed by atoms with Crippen molar-refractivity contribution in [2.45, 2.75) is 0 Å². The number of halogens is 2. The smallest absolute Gasteiger partial charge is 0.497 e. The number of benzene rings is 7. The fraction of sp³-hybridized carbons (Fsp3) is 0.121. The monoisotopic (exact) mass is 934 g/mol. The van der Waals surface area contributed by atoms with E-state index in [-0.39, 0.29) is 0 Å². The Morgan fingerprint density at radius 3 is 0.929 bits per heavy atom. The molecule has 2 aliphatic rings. The molecule has 1 aromatic heterocycles. The number of ether oxygens (including phenoxy) is 7. The molecule has 350 valence electrons. The molecule has 2 aliphatic heterocycles. The summed E-state index contributed by atoms with van der Waals surface area (Å²) in [5.41, 5.74) is 8.78. The molecule has 0 N–H and O–H groups in total. The molecule has 8 aromatic rings. The molecule has 0 radical (unpaired) electrons. The van der Waals surface area contributed by atoms with E-state index in [2.05, 4.69) is 0 Å². The minimum atomic E-state index is -4.86. The van der Waals surface area contributed by atoms with Crippen LogP contribution in [0.15, 0.2) is 176 Å². The molecule has 70 heavy (non-hydrogen) atoms. The fourth-order valence-corrected chi connectivity index (χ4v) is 9.77. The second kappa shape index (κ2) is 18.5. The third kappa shape index (κ3) is 7.62. The molecule has 9 nitrogen and oxygen atoms in total. The lowest BCUT2D eigenvalue weighted by Gasteiger charge is -2.35. The van der Waals surface area contributed by atoms with Crippen LogP contribution in [0.2, 0.25) is 0 Å². The summed E-state index contributed by atoms with van der Waals surface area (Å²) in [6.45, 7) is -4.86. The Morgan fingerprint density at radius 1 is 0.314 bits per heavy atom. The van der Waals surface area contributed by atoms with E-state index in [0.29, 0.717) is 130 Å². The van der Waals surface area contributed by atoms with Crippen molar-refractivity contribution in [3.8, 4) is 73.8 Å². The standard InChI is InChI=1S/C58H49BF2N2O7/c1-64-43-22-8-36(9-23-43)50-52(38-12-26-45(66-3)27-13-38)57-54(40-16-30-47(68-5)31-17-40)58-53(39-14-28-46(67-4)29-15-39)51(37-10-24-44(65-2)25-11-37)56(42-20-34-49(70-7)35-21-42)63(58)59(60,61)62(57)55(50)41-18-32-48(69-6)33-19-41/h8-35H,1-7H3. The van der Waals surface area contributed by atoms with Gasteiger partial charge in [0.25, 0.3) is 0 Å². The Balaban J connectivity index is 1.48. The van der Waals surface area contributed by atoms with E-state index < -0.39 is 6.97 Å². The topological polar surface area (TPSA) is 72.6 Å². The zero-order valence-corrected chi connectivity index (χ0v) is 39.8. The Labute approximate surface area is 405 Å². The van der Waals surface area contributed by atoms with Gasteiger partial charge in [0, 0.05) is 28.1 Å². The van der Waals surface area contributed by atoms with Gasteiger partial charge in [-0.15, -0.1) is 0 Å². The molecule has 3 heterocycles. The molecule has 0 saturated carbocycles. The van der Waals surface area contributed by atoms with Gasteiger partial charge in [-0.3, -0.25) is 0 Å². The van der Waals surface area contributed by atoms with Gasteiger partial charge in [-0.05, 0) is 143 Å². The van der Waals surface area contributed by atoms with Crippen LogP contribution >= 0.6 is 0 Å². The van der Waals surface area contributed by atoms with Gasteiger partial charge in [0.2, 0.25) is 0 Å². The van der Waals surface area contributed by atoms with E-state index in [1.54, 1.807) is 74.0 Å². The second-order valence-electron chi connectivity index (χ2n) is 16.7. The maximum atomic E-state index is 19.9. The van der Waals surface area contributed by atoms with Crippen molar-refractivity contribution in [2.24, 2.45) is 0 Å². The number of rotatable bonds is 14. The maximum Gasteiger partial charge on any atom is 0.738 e. The molecule has 7 aromatic carbocycles. The predicted octanol–water partition coefficient (Wildman–Crippen LogP) is 12.7. The van der Waals surface area contributed by atoms with Crippen molar-refractivity contribution in [3.05, 3.63) is 204 Å². The first-order valence-corrected chi connectivity index (χ1v) is 22.6. The van der Waals surface area contributed by atoms with Crippen LogP contribution in [0, 0.1) is 0 Å². The summed E-state index contributed by atoms with van der Waals surface area (Å²) in [4.78, 5) is 0. The molecule has 0 saturated heterocycles. The Bertz CT molecular complexity index is 3330. The van der Waals surface area contributed by atoms with Gasteiger partial charge in [0.05, 0.1) is 66.5 Å². The van der Waals surface area contributed by atoms with Crippen molar-refractivity contribution in [3.63, 3.8) is 0 Å². The second-order valence-corrected chi connectivity index (χ2v) is 16.7. The summed E-state index contributed by atoms with van der Waals surface area (Å²) < 4.78 is 82.0. The predicted molar refractivity (Wildman–Crippen MR) is 273 cm³/mol. The highest BCUT2D eigenvalue weighted by Crippen LogP contribution is 2.57. The van der Waals surface area contributed by atoms with E-state index >= 15 is 8.63 Å². The summed E-state index contributed by atoms with van der Waals surface area (Å²) in [7, 11) is 11.2. The molecule has 0 amide bonds. The maximum absolute atomic E-state index is 19.9. The summed E-state index contributed by atoms with van der Waals surface area (Å²) in [6, 6.07) is 52.4. The first kappa shape index (κ1) is 45.3. The van der Waals surface area contributed by atoms with Crippen LogP contribution in [0.5, 0.6) is 40.2 Å². The first-order valence-electron chi connectivity index (χ1n) is 22.6. The molecular weight excluding hydrogens is 885 g/mol. The Hall–Kier alpha value is -8.51. The summed E-state index contributed by atoms with van der Waals surface area (Å²) in [5.74, 6) is 4.27. The van der Waals surface area contributed by atoms with E-state index in [1.807, 2.05) is 146 Å².